The van der Waals surface area contributed by atoms with Crippen molar-refractivity contribution in [2.45, 2.75) is 26.3 Å². The van der Waals surface area contributed by atoms with Crippen LogP contribution in [0.15, 0.2) is 12.1 Å². The number of hydrogen-bond donors (Lipinski definition) is 1. The first-order chi connectivity index (χ1) is 8.36. The molecule has 0 spiro atoms. The van der Waals surface area contributed by atoms with Gasteiger partial charge in [-0.3, -0.25) is 0 Å². The molecule has 0 saturated heterocycles. The molecule has 0 amide bonds. The molecule has 1 aromatic rings. The Bertz CT molecular complexity index is 500. The molecule has 0 aliphatic heterocycles. The van der Waals surface area contributed by atoms with E-state index in [1.54, 1.807) is 0 Å². The quantitative estimate of drug-likeness (QED) is 0.844. The number of rotatable bonds is 3. The second kappa shape index (κ2) is 4.23. The summed E-state index contributed by atoms with van der Waals surface area (Å²) in [6.45, 7) is 4.09. The van der Waals surface area contributed by atoms with E-state index in [2.05, 4.69) is 10.1 Å². The molecule has 3 nitrogen and oxygen atoms in total. The standard InChI is InChI=1S/C13H15F2NO2/c1-13(2)6-9(13)16-8-5-4-7(12(17)18-3)10(14)11(8)15/h4-5,9,16H,6H2,1-3H3. The fourth-order valence-corrected chi connectivity index (χ4v) is 1.83. The van der Waals surface area contributed by atoms with Crippen molar-refractivity contribution in [2.75, 3.05) is 12.4 Å². The molecule has 1 aliphatic carbocycles. The predicted octanol–water partition coefficient (Wildman–Crippen LogP) is 2.96. The molecule has 18 heavy (non-hydrogen) atoms. The van der Waals surface area contributed by atoms with E-state index in [0.717, 1.165) is 13.5 Å². The molecule has 1 aliphatic rings. The lowest BCUT2D eigenvalue weighted by atomic mass is 10.1. The number of ether oxygens (including phenoxy) is 1. The maximum absolute atomic E-state index is 13.8. The van der Waals surface area contributed by atoms with E-state index in [4.69, 9.17) is 0 Å². The summed E-state index contributed by atoms with van der Waals surface area (Å²) in [5.74, 6) is -3.10. The first kappa shape index (κ1) is 12.8. The van der Waals surface area contributed by atoms with Gasteiger partial charge in [0.05, 0.1) is 18.4 Å². The number of methoxy groups -OCH3 is 1. The summed E-state index contributed by atoms with van der Waals surface area (Å²) in [6.07, 6.45) is 0.910. The lowest BCUT2D eigenvalue weighted by molar-refractivity contribution is 0.0594. The molecule has 0 aromatic heterocycles. The number of esters is 1. The molecule has 1 unspecified atom stereocenters. The van der Waals surface area contributed by atoms with Crippen LogP contribution in [-0.2, 0) is 4.74 Å². The van der Waals surface area contributed by atoms with Crippen LogP contribution >= 0.6 is 0 Å². The largest absolute Gasteiger partial charge is 0.465 e. The molecule has 1 N–H and O–H groups in total. The van der Waals surface area contributed by atoms with E-state index in [0.29, 0.717) is 0 Å². The molecular formula is C13H15F2NO2. The highest BCUT2D eigenvalue weighted by molar-refractivity contribution is 5.90. The van der Waals surface area contributed by atoms with Crippen molar-refractivity contribution >= 4 is 11.7 Å². The van der Waals surface area contributed by atoms with Crippen molar-refractivity contribution < 1.29 is 18.3 Å². The Morgan fingerprint density at radius 2 is 2.00 bits per heavy atom. The minimum atomic E-state index is -1.18. The van der Waals surface area contributed by atoms with Crippen molar-refractivity contribution in [3.8, 4) is 0 Å². The van der Waals surface area contributed by atoms with E-state index < -0.39 is 23.2 Å². The molecular weight excluding hydrogens is 240 g/mol. The zero-order valence-electron chi connectivity index (χ0n) is 10.5. The normalized spacial score (nSPS) is 20.4. The van der Waals surface area contributed by atoms with Crippen molar-refractivity contribution in [1.29, 1.82) is 0 Å². The van der Waals surface area contributed by atoms with Crippen LogP contribution in [0.5, 0.6) is 0 Å². The van der Waals surface area contributed by atoms with E-state index in [9.17, 15) is 13.6 Å². The van der Waals surface area contributed by atoms with Gasteiger partial charge in [-0.1, -0.05) is 13.8 Å². The Balaban J connectivity index is 2.24. The second-order valence-corrected chi connectivity index (χ2v) is 5.17. The Hall–Kier alpha value is -1.65. The van der Waals surface area contributed by atoms with Gasteiger partial charge in [0.1, 0.15) is 0 Å². The SMILES string of the molecule is COC(=O)c1ccc(NC2CC2(C)C)c(F)c1F. The first-order valence-electron chi connectivity index (χ1n) is 5.69. The van der Waals surface area contributed by atoms with E-state index in [-0.39, 0.29) is 17.1 Å². The highest BCUT2D eigenvalue weighted by Crippen LogP contribution is 2.46. The van der Waals surface area contributed by atoms with Crippen LogP contribution in [0.25, 0.3) is 0 Å². The zero-order chi connectivity index (χ0) is 13.5. The van der Waals surface area contributed by atoms with Gasteiger partial charge < -0.3 is 10.1 Å². The molecule has 98 valence electrons. The van der Waals surface area contributed by atoms with Gasteiger partial charge in [0.25, 0.3) is 0 Å². The van der Waals surface area contributed by atoms with Crippen molar-refractivity contribution in [1.82, 2.24) is 0 Å². The molecule has 1 atom stereocenters. The fraction of sp³-hybridized carbons (Fsp3) is 0.462. The molecule has 1 fully saturated rings. The fourth-order valence-electron chi connectivity index (χ4n) is 1.83. The summed E-state index contributed by atoms with van der Waals surface area (Å²) in [7, 11) is 1.12. The highest BCUT2D eigenvalue weighted by atomic mass is 19.2. The lowest BCUT2D eigenvalue weighted by Crippen LogP contribution is -2.12. The minimum Gasteiger partial charge on any atom is -0.465 e. The van der Waals surface area contributed by atoms with Crippen molar-refractivity contribution in [2.24, 2.45) is 5.41 Å². The van der Waals surface area contributed by atoms with Crippen molar-refractivity contribution in [3.05, 3.63) is 29.3 Å². The maximum atomic E-state index is 13.8. The molecule has 0 bridgehead atoms. The summed E-state index contributed by atoms with van der Waals surface area (Å²) in [5, 5.41) is 2.93. The van der Waals surface area contributed by atoms with E-state index in [1.165, 1.54) is 12.1 Å². The second-order valence-electron chi connectivity index (χ2n) is 5.17. The number of benzene rings is 1. The van der Waals surface area contributed by atoms with Gasteiger partial charge in [-0.25, -0.2) is 13.6 Å². The monoisotopic (exact) mass is 255 g/mol. The van der Waals surface area contributed by atoms with E-state index in [1.807, 2.05) is 13.8 Å². The Labute approximate surface area is 104 Å². The van der Waals surface area contributed by atoms with Gasteiger partial charge in [0, 0.05) is 6.04 Å². The average molecular weight is 255 g/mol. The molecule has 1 aromatic carbocycles. The third kappa shape index (κ3) is 2.17. The van der Waals surface area contributed by atoms with Gasteiger partial charge in [-0.2, -0.15) is 0 Å². The first-order valence-corrected chi connectivity index (χ1v) is 5.69. The number of halogens is 2. The Morgan fingerprint density at radius 1 is 1.39 bits per heavy atom. The summed E-state index contributed by atoms with van der Waals surface area (Å²) in [6, 6.07) is 2.72. The number of nitrogens with one attached hydrogen (secondary N) is 1. The third-order valence-electron chi connectivity index (χ3n) is 3.33. The van der Waals surface area contributed by atoms with Gasteiger partial charge in [0.15, 0.2) is 11.6 Å². The lowest BCUT2D eigenvalue weighted by Gasteiger charge is -2.11. The van der Waals surface area contributed by atoms with Crippen LogP contribution in [0.4, 0.5) is 14.5 Å². The number of anilines is 1. The van der Waals surface area contributed by atoms with Gasteiger partial charge in [0.2, 0.25) is 0 Å². The minimum absolute atomic E-state index is 0.0794. The Kier molecular flexibility index (Phi) is 3.00. The van der Waals surface area contributed by atoms with Crippen LogP contribution in [-0.4, -0.2) is 19.1 Å². The number of hydrogen-bond acceptors (Lipinski definition) is 3. The molecule has 5 heteroatoms. The van der Waals surface area contributed by atoms with Crippen LogP contribution in [0.1, 0.15) is 30.6 Å². The third-order valence-corrected chi connectivity index (χ3v) is 3.33. The topological polar surface area (TPSA) is 38.3 Å². The van der Waals surface area contributed by atoms with Crippen LogP contribution in [0.2, 0.25) is 0 Å². The van der Waals surface area contributed by atoms with Crippen LogP contribution < -0.4 is 5.32 Å². The van der Waals surface area contributed by atoms with Gasteiger partial charge >= 0.3 is 5.97 Å². The number of carbonyl (C=O) groups excluding carboxylic acids is 1. The Morgan fingerprint density at radius 3 is 2.50 bits per heavy atom. The highest BCUT2D eigenvalue weighted by Gasteiger charge is 2.46. The summed E-state index contributed by atoms with van der Waals surface area (Å²) in [5.41, 5.74) is -0.212. The van der Waals surface area contributed by atoms with Gasteiger partial charge in [-0.15, -0.1) is 0 Å². The average Bonchev–Trinajstić information content (AvgIpc) is 2.92. The molecule has 0 heterocycles. The summed E-state index contributed by atoms with van der Waals surface area (Å²) >= 11 is 0. The van der Waals surface area contributed by atoms with Crippen LogP contribution in [0, 0.1) is 17.0 Å². The summed E-state index contributed by atoms with van der Waals surface area (Å²) in [4.78, 5) is 11.2. The molecule has 2 rings (SSSR count). The van der Waals surface area contributed by atoms with Crippen LogP contribution in [0.3, 0.4) is 0 Å². The molecule has 1 saturated carbocycles. The smallest absolute Gasteiger partial charge is 0.340 e. The van der Waals surface area contributed by atoms with Crippen molar-refractivity contribution in [3.63, 3.8) is 0 Å². The number of carbonyl (C=O) groups is 1. The predicted molar refractivity (Wildman–Crippen MR) is 63.5 cm³/mol. The zero-order valence-corrected chi connectivity index (χ0v) is 10.5. The maximum Gasteiger partial charge on any atom is 0.340 e. The van der Waals surface area contributed by atoms with Gasteiger partial charge in [-0.05, 0) is 24.0 Å². The van der Waals surface area contributed by atoms with E-state index >= 15 is 0 Å². The molecule has 0 radical (unpaired) electrons. The summed E-state index contributed by atoms with van der Waals surface area (Å²) < 4.78 is 31.8.